The molecule has 3 rings (SSSR count). The van der Waals surface area contributed by atoms with Gasteiger partial charge in [0.2, 0.25) is 6.29 Å². The Kier molecular flexibility index (Phi) is 6.16. The second-order valence-electron chi connectivity index (χ2n) is 6.71. The lowest BCUT2D eigenvalue weighted by molar-refractivity contribution is -0.339. The molecule has 0 radical (unpaired) electrons. The van der Waals surface area contributed by atoms with E-state index in [9.17, 15) is 30.3 Å². The maximum atomic E-state index is 12.0. The van der Waals surface area contributed by atoms with Crippen LogP contribution in [0.2, 0.25) is 0 Å². The fourth-order valence-corrected chi connectivity index (χ4v) is 3.73. The Labute approximate surface area is 155 Å². The average molecular weight is 388 g/mol. The molecular formula is C17H24O10. The lowest BCUT2D eigenvalue weighted by atomic mass is 9.83. The Hall–Kier alpha value is -1.53. The van der Waals surface area contributed by atoms with Crippen molar-refractivity contribution in [2.24, 2.45) is 11.8 Å². The monoisotopic (exact) mass is 388 g/mol. The molecule has 0 aromatic rings. The SMILES string of the molecule is COC(=O)C1=CO[C@@H](O[C@@H]2OC(CO)[C@H](O)[C@@H](O)[C@H]2O)[C@@H]2C(CO)=CC[C@H]12. The van der Waals surface area contributed by atoms with Crippen molar-refractivity contribution in [2.75, 3.05) is 20.3 Å². The highest BCUT2D eigenvalue weighted by Gasteiger charge is 2.49. The van der Waals surface area contributed by atoms with Crippen LogP contribution in [-0.4, -0.2) is 88.8 Å². The van der Waals surface area contributed by atoms with Gasteiger partial charge in [-0.25, -0.2) is 4.79 Å². The van der Waals surface area contributed by atoms with Crippen molar-refractivity contribution in [2.45, 2.75) is 43.4 Å². The summed E-state index contributed by atoms with van der Waals surface area (Å²) >= 11 is 0. The van der Waals surface area contributed by atoms with Gasteiger partial charge in [0.15, 0.2) is 6.29 Å². The van der Waals surface area contributed by atoms with Crippen molar-refractivity contribution >= 4 is 5.97 Å². The van der Waals surface area contributed by atoms with Crippen LogP contribution < -0.4 is 0 Å². The quantitative estimate of drug-likeness (QED) is 0.258. The van der Waals surface area contributed by atoms with E-state index in [-0.39, 0.29) is 12.5 Å². The predicted molar refractivity (Wildman–Crippen MR) is 86.6 cm³/mol. The lowest BCUT2D eigenvalue weighted by Gasteiger charge is -2.42. The molecule has 27 heavy (non-hydrogen) atoms. The van der Waals surface area contributed by atoms with Gasteiger partial charge in [-0.05, 0) is 12.0 Å². The Morgan fingerprint density at radius 1 is 1.19 bits per heavy atom. The fourth-order valence-electron chi connectivity index (χ4n) is 3.73. The van der Waals surface area contributed by atoms with Crippen LogP contribution in [0, 0.1) is 11.8 Å². The van der Waals surface area contributed by atoms with Crippen molar-refractivity contribution in [3.8, 4) is 0 Å². The van der Waals surface area contributed by atoms with Crippen molar-refractivity contribution in [1.82, 2.24) is 0 Å². The highest BCUT2D eigenvalue weighted by Crippen LogP contribution is 2.44. The van der Waals surface area contributed by atoms with E-state index in [0.717, 1.165) is 0 Å². The summed E-state index contributed by atoms with van der Waals surface area (Å²) < 4.78 is 21.3. The van der Waals surface area contributed by atoms with E-state index in [0.29, 0.717) is 17.6 Å². The molecule has 1 saturated heterocycles. The van der Waals surface area contributed by atoms with E-state index in [1.807, 2.05) is 0 Å². The molecule has 2 heterocycles. The van der Waals surface area contributed by atoms with Gasteiger partial charge in [-0.3, -0.25) is 0 Å². The minimum atomic E-state index is -1.59. The number of allylic oxidation sites excluding steroid dienone is 1. The van der Waals surface area contributed by atoms with Gasteiger partial charge in [0.1, 0.15) is 24.4 Å². The van der Waals surface area contributed by atoms with Crippen LogP contribution in [0.25, 0.3) is 0 Å². The van der Waals surface area contributed by atoms with Crippen molar-refractivity contribution in [3.05, 3.63) is 23.5 Å². The molecule has 0 bridgehead atoms. The first-order valence-electron chi connectivity index (χ1n) is 8.62. The smallest absolute Gasteiger partial charge is 0.337 e. The summed E-state index contributed by atoms with van der Waals surface area (Å²) in [4.78, 5) is 12.0. The molecular weight excluding hydrogens is 364 g/mol. The maximum absolute atomic E-state index is 12.0. The van der Waals surface area contributed by atoms with Gasteiger partial charge in [0.25, 0.3) is 0 Å². The molecule has 1 aliphatic carbocycles. The van der Waals surface area contributed by atoms with E-state index < -0.39 is 55.5 Å². The topological polar surface area (TPSA) is 155 Å². The molecule has 0 saturated carbocycles. The van der Waals surface area contributed by atoms with E-state index in [2.05, 4.69) is 0 Å². The van der Waals surface area contributed by atoms with Crippen LogP contribution in [0.4, 0.5) is 0 Å². The van der Waals surface area contributed by atoms with E-state index in [1.165, 1.54) is 13.4 Å². The number of rotatable bonds is 5. The molecule has 152 valence electrons. The first-order chi connectivity index (χ1) is 12.9. The molecule has 1 fully saturated rings. The van der Waals surface area contributed by atoms with Crippen LogP contribution >= 0.6 is 0 Å². The van der Waals surface area contributed by atoms with Crippen molar-refractivity contribution < 1.29 is 49.3 Å². The molecule has 10 heteroatoms. The number of hydrogen-bond acceptors (Lipinski definition) is 10. The maximum Gasteiger partial charge on any atom is 0.337 e. The number of esters is 1. The zero-order valence-corrected chi connectivity index (χ0v) is 14.7. The Morgan fingerprint density at radius 2 is 1.93 bits per heavy atom. The van der Waals surface area contributed by atoms with Crippen LogP contribution in [0.3, 0.4) is 0 Å². The summed E-state index contributed by atoms with van der Waals surface area (Å²) in [5.74, 6) is -1.42. The number of aliphatic hydroxyl groups excluding tert-OH is 5. The molecule has 0 spiro atoms. The number of fused-ring (bicyclic) bond motifs is 1. The Balaban J connectivity index is 1.80. The number of aliphatic hydroxyl groups is 5. The number of carbonyl (C=O) groups excluding carboxylic acids is 1. The van der Waals surface area contributed by atoms with Crippen LogP contribution in [0.1, 0.15) is 6.42 Å². The number of carbonyl (C=O) groups is 1. The third-order valence-electron chi connectivity index (χ3n) is 5.24. The summed E-state index contributed by atoms with van der Waals surface area (Å²) in [5.41, 5.74) is 0.903. The van der Waals surface area contributed by atoms with Crippen molar-refractivity contribution in [3.63, 3.8) is 0 Å². The number of ether oxygens (including phenoxy) is 4. The van der Waals surface area contributed by atoms with Gasteiger partial charge >= 0.3 is 5.97 Å². The zero-order valence-electron chi connectivity index (χ0n) is 14.7. The van der Waals surface area contributed by atoms with Gasteiger partial charge < -0.3 is 44.5 Å². The molecule has 8 atom stereocenters. The predicted octanol–water partition coefficient (Wildman–Crippen LogP) is -2.23. The highest BCUT2D eigenvalue weighted by molar-refractivity contribution is 5.89. The van der Waals surface area contributed by atoms with Crippen LogP contribution in [0.15, 0.2) is 23.5 Å². The Bertz CT molecular complexity index is 615. The molecule has 3 aliphatic rings. The van der Waals surface area contributed by atoms with E-state index in [1.54, 1.807) is 6.08 Å². The normalized spacial score (nSPS) is 41.3. The first-order valence-corrected chi connectivity index (χ1v) is 8.62. The van der Waals surface area contributed by atoms with Gasteiger partial charge in [-0.2, -0.15) is 0 Å². The summed E-state index contributed by atoms with van der Waals surface area (Å²) in [6, 6.07) is 0. The van der Waals surface area contributed by atoms with Crippen LogP contribution in [-0.2, 0) is 23.7 Å². The molecule has 10 nitrogen and oxygen atoms in total. The third kappa shape index (κ3) is 3.61. The summed E-state index contributed by atoms with van der Waals surface area (Å²) in [7, 11) is 1.25. The zero-order chi connectivity index (χ0) is 19.7. The summed E-state index contributed by atoms with van der Waals surface area (Å²) in [6.45, 7) is -0.857. The fraction of sp³-hybridized carbons (Fsp3) is 0.706. The third-order valence-corrected chi connectivity index (χ3v) is 5.24. The molecule has 2 aliphatic heterocycles. The highest BCUT2D eigenvalue weighted by atomic mass is 16.8. The van der Waals surface area contributed by atoms with Gasteiger partial charge in [-0.1, -0.05) is 6.08 Å². The summed E-state index contributed by atoms with van der Waals surface area (Å²) in [6.07, 6.45) is -4.73. The van der Waals surface area contributed by atoms with Crippen molar-refractivity contribution in [1.29, 1.82) is 0 Å². The molecule has 0 aromatic carbocycles. The molecule has 0 amide bonds. The van der Waals surface area contributed by atoms with E-state index in [4.69, 9.17) is 18.9 Å². The second kappa shape index (κ2) is 8.23. The molecule has 5 N–H and O–H groups in total. The minimum Gasteiger partial charge on any atom is -0.471 e. The van der Waals surface area contributed by atoms with Gasteiger partial charge in [-0.15, -0.1) is 0 Å². The minimum absolute atomic E-state index is 0.270. The van der Waals surface area contributed by atoms with E-state index >= 15 is 0 Å². The molecule has 1 unspecified atom stereocenters. The van der Waals surface area contributed by atoms with Crippen LogP contribution in [0.5, 0.6) is 0 Å². The largest absolute Gasteiger partial charge is 0.471 e. The first kappa shape index (κ1) is 20.2. The molecule has 0 aromatic heterocycles. The van der Waals surface area contributed by atoms with Gasteiger partial charge in [0, 0.05) is 5.92 Å². The summed E-state index contributed by atoms with van der Waals surface area (Å²) in [5, 5.41) is 48.8. The Morgan fingerprint density at radius 3 is 2.56 bits per heavy atom. The second-order valence-corrected chi connectivity index (χ2v) is 6.71. The standard InChI is InChI=1S/C17H24O10/c1-24-15(23)9-6-25-16(11-7(4-18)2-3-8(9)11)27-17-14(22)13(21)12(20)10(5-19)26-17/h2,6,8,10-14,16-22H,3-5H2,1H3/t8-,10?,11-,12+,13-,14-,16+,17+/m1/s1. The van der Waals surface area contributed by atoms with Gasteiger partial charge in [0.05, 0.1) is 38.1 Å². The number of hydrogen-bond donors (Lipinski definition) is 5. The number of methoxy groups -OCH3 is 1. The lowest BCUT2D eigenvalue weighted by Crippen LogP contribution is -2.60. The average Bonchev–Trinajstić information content (AvgIpc) is 3.12.